The molecule has 0 aliphatic carbocycles. The van der Waals surface area contributed by atoms with Crippen molar-refractivity contribution in [3.8, 4) is 0 Å². The number of aromatic nitrogens is 2. The van der Waals surface area contributed by atoms with Crippen molar-refractivity contribution in [2.45, 2.75) is 51.3 Å². The standard InChI is InChI=1S/C21H26N6O4/c1-21(2,3)31-20(28)26-15-4-5-16(26)13-25(12-15)18-7-6-17(27(29)30)19(24-18)23-14-8-10-22-11-9-14/h6-11,15-16H,4-5,12-13H2,1-3H3,(H,22,23,24)/t15-,16+. The molecule has 2 aromatic heterocycles. The van der Waals surface area contributed by atoms with Crippen LogP contribution in [-0.2, 0) is 4.74 Å². The van der Waals surface area contributed by atoms with Crippen LogP contribution < -0.4 is 10.2 Å². The number of pyridine rings is 2. The number of carbonyl (C=O) groups is 1. The normalized spacial score (nSPS) is 20.5. The first-order chi connectivity index (χ1) is 14.7. The van der Waals surface area contributed by atoms with Gasteiger partial charge >= 0.3 is 11.8 Å². The fraction of sp³-hybridized carbons (Fsp3) is 0.476. The number of piperazine rings is 1. The fourth-order valence-electron chi connectivity index (χ4n) is 4.13. The van der Waals surface area contributed by atoms with E-state index in [0.29, 0.717) is 24.6 Å². The van der Waals surface area contributed by atoms with E-state index in [0.717, 1.165) is 12.8 Å². The van der Waals surface area contributed by atoms with Crippen LogP contribution in [-0.4, -0.2) is 56.7 Å². The number of ether oxygens (including phenoxy) is 1. The van der Waals surface area contributed by atoms with Crippen LogP contribution in [0.25, 0.3) is 0 Å². The highest BCUT2D eigenvalue weighted by Gasteiger charge is 2.44. The fourth-order valence-corrected chi connectivity index (χ4v) is 4.13. The third-order valence-corrected chi connectivity index (χ3v) is 5.41. The van der Waals surface area contributed by atoms with Gasteiger partial charge in [0.25, 0.3) is 0 Å². The molecule has 0 aromatic carbocycles. The van der Waals surface area contributed by atoms with Gasteiger partial charge in [0.1, 0.15) is 11.4 Å². The Bertz CT molecular complexity index is 964. The first-order valence-electron chi connectivity index (χ1n) is 10.3. The number of hydrogen-bond donors (Lipinski definition) is 1. The van der Waals surface area contributed by atoms with Crippen LogP contribution in [0.2, 0.25) is 0 Å². The maximum Gasteiger partial charge on any atom is 0.410 e. The minimum Gasteiger partial charge on any atom is -0.444 e. The number of fused-ring (bicyclic) bond motifs is 2. The van der Waals surface area contributed by atoms with Crippen molar-refractivity contribution in [1.29, 1.82) is 0 Å². The summed E-state index contributed by atoms with van der Waals surface area (Å²) in [6.07, 6.45) is 4.72. The van der Waals surface area contributed by atoms with Crippen molar-refractivity contribution in [3.63, 3.8) is 0 Å². The molecule has 2 fully saturated rings. The van der Waals surface area contributed by atoms with Crippen molar-refractivity contribution in [1.82, 2.24) is 14.9 Å². The summed E-state index contributed by atoms with van der Waals surface area (Å²) in [6, 6.07) is 6.63. The molecule has 0 radical (unpaired) electrons. The van der Waals surface area contributed by atoms with Gasteiger partial charge in [0.15, 0.2) is 0 Å². The maximum atomic E-state index is 12.7. The second-order valence-electron chi connectivity index (χ2n) is 8.83. The van der Waals surface area contributed by atoms with Gasteiger partial charge in [-0.2, -0.15) is 0 Å². The predicted octanol–water partition coefficient (Wildman–Crippen LogP) is 3.72. The first-order valence-corrected chi connectivity index (χ1v) is 10.3. The van der Waals surface area contributed by atoms with Crippen molar-refractivity contribution in [3.05, 3.63) is 46.8 Å². The molecule has 2 atom stereocenters. The van der Waals surface area contributed by atoms with Gasteiger partial charge in [-0.3, -0.25) is 20.0 Å². The molecule has 1 amide bonds. The molecule has 10 heteroatoms. The molecule has 2 saturated heterocycles. The number of hydrogen-bond acceptors (Lipinski definition) is 8. The molecule has 1 N–H and O–H groups in total. The largest absolute Gasteiger partial charge is 0.444 e. The van der Waals surface area contributed by atoms with Crippen molar-refractivity contribution < 1.29 is 14.5 Å². The molecule has 31 heavy (non-hydrogen) atoms. The lowest BCUT2D eigenvalue weighted by atomic mass is 10.2. The van der Waals surface area contributed by atoms with Gasteiger partial charge in [0.05, 0.1) is 17.0 Å². The van der Waals surface area contributed by atoms with E-state index >= 15 is 0 Å². The lowest BCUT2D eigenvalue weighted by molar-refractivity contribution is -0.384. The summed E-state index contributed by atoms with van der Waals surface area (Å²) in [7, 11) is 0. The highest BCUT2D eigenvalue weighted by atomic mass is 16.6. The number of carbonyl (C=O) groups excluding carboxylic acids is 1. The molecule has 0 spiro atoms. The Hall–Kier alpha value is -3.43. The summed E-state index contributed by atoms with van der Waals surface area (Å²) in [5.74, 6) is 0.818. The van der Waals surface area contributed by atoms with Crippen LogP contribution in [0, 0.1) is 10.1 Å². The van der Waals surface area contributed by atoms with E-state index in [-0.39, 0.29) is 29.7 Å². The van der Waals surface area contributed by atoms with E-state index in [9.17, 15) is 14.9 Å². The second kappa shape index (κ2) is 8.01. The third kappa shape index (κ3) is 4.52. The summed E-state index contributed by atoms with van der Waals surface area (Å²) in [6.45, 7) is 6.80. The smallest absolute Gasteiger partial charge is 0.410 e. The Morgan fingerprint density at radius 2 is 1.81 bits per heavy atom. The highest BCUT2D eigenvalue weighted by molar-refractivity contribution is 5.71. The minimum atomic E-state index is -0.541. The molecule has 0 saturated carbocycles. The van der Waals surface area contributed by atoms with E-state index in [1.807, 2.05) is 25.7 Å². The molecule has 2 bridgehead atoms. The molecular weight excluding hydrogens is 400 g/mol. The number of anilines is 3. The summed E-state index contributed by atoms with van der Waals surface area (Å²) >= 11 is 0. The van der Waals surface area contributed by atoms with Crippen molar-refractivity contribution in [2.24, 2.45) is 0 Å². The van der Waals surface area contributed by atoms with E-state index in [1.54, 1.807) is 30.6 Å². The van der Waals surface area contributed by atoms with E-state index in [2.05, 4.69) is 20.2 Å². The highest BCUT2D eigenvalue weighted by Crippen LogP contribution is 2.35. The van der Waals surface area contributed by atoms with Gasteiger partial charge in [-0.15, -0.1) is 0 Å². The van der Waals surface area contributed by atoms with Gasteiger partial charge in [-0.25, -0.2) is 9.78 Å². The Balaban J connectivity index is 1.55. The van der Waals surface area contributed by atoms with Crippen LogP contribution >= 0.6 is 0 Å². The van der Waals surface area contributed by atoms with Gasteiger partial charge < -0.3 is 15.0 Å². The molecular formula is C21H26N6O4. The summed E-state index contributed by atoms with van der Waals surface area (Å²) in [5, 5.41) is 14.5. The third-order valence-electron chi connectivity index (χ3n) is 5.41. The van der Waals surface area contributed by atoms with E-state index in [1.165, 1.54) is 6.07 Å². The summed E-state index contributed by atoms with van der Waals surface area (Å²) in [5.41, 5.74) is 0.0228. The topological polar surface area (TPSA) is 114 Å². The summed E-state index contributed by atoms with van der Waals surface area (Å²) < 4.78 is 5.59. The second-order valence-corrected chi connectivity index (χ2v) is 8.83. The average Bonchev–Trinajstić information content (AvgIpc) is 2.97. The average molecular weight is 426 g/mol. The Morgan fingerprint density at radius 3 is 2.39 bits per heavy atom. The van der Waals surface area contributed by atoms with Gasteiger partial charge in [-0.05, 0) is 51.8 Å². The zero-order chi connectivity index (χ0) is 22.2. The minimum absolute atomic E-state index is 0.0298. The predicted molar refractivity (Wildman–Crippen MR) is 116 cm³/mol. The van der Waals surface area contributed by atoms with E-state index < -0.39 is 10.5 Å². The zero-order valence-corrected chi connectivity index (χ0v) is 17.8. The zero-order valence-electron chi connectivity index (χ0n) is 17.8. The van der Waals surface area contributed by atoms with E-state index in [4.69, 9.17) is 4.74 Å². The molecule has 164 valence electrons. The SMILES string of the molecule is CC(C)(C)OC(=O)N1[C@@H]2CC[C@H]1CN(c1ccc([N+](=O)[O-])c(Nc3ccncc3)n1)C2. The summed E-state index contributed by atoms with van der Waals surface area (Å²) in [4.78, 5) is 36.2. The molecule has 4 rings (SSSR count). The van der Waals surface area contributed by atoms with Gasteiger partial charge in [0.2, 0.25) is 5.82 Å². The van der Waals surface area contributed by atoms with Gasteiger partial charge in [-0.1, -0.05) is 0 Å². The van der Waals surface area contributed by atoms with Crippen molar-refractivity contribution in [2.75, 3.05) is 23.3 Å². The van der Waals surface area contributed by atoms with Crippen LogP contribution in [0.5, 0.6) is 0 Å². The maximum absolute atomic E-state index is 12.7. The lowest BCUT2D eigenvalue weighted by Crippen LogP contribution is -2.57. The lowest BCUT2D eigenvalue weighted by Gasteiger charge is -2.41. The molecule has 2 aromatic rings. The number of amides is 1. The Labute approximate surface area is 180 Å². The first kappa shape index (κ1) is 20.8. The quantitative estimate of drug-likeness (QED) is 0.581. The number of nitrogens with one attached hydrogen (secondary N) is 1. The Morgan fingerprint density at radius 1 is 1.16 bits per heavy atom. The monoisotopic (exact) mass is 426 g/mol. The van der Waals surface area contributed by atoms with Crippen molar-refractivity contribution >= 4 is 29.1 Å². The van der Waals surface area contributed by atoms with Crippen LogP contribution in [0.4, 0.5) is 27.8 Å². The van der Waals surface area contributed by atoms with Crippen LogP contribution in [0.15, 0.2) is 36.7 Å². The Kier molecular flexibility index (Phi) is 5.38. The molecule has 4 heterocycles. The molecule has 2 aliphatic heterocycles. The molecule has 10 nitrogen and oxygen atoms in total. The molecule has 0 unspecified atom stereocenters. The molecule has 2 aliphatic rings. The number of rotatable bonds is 4. The van der Waals surface area contributed by atoms with Crippen LogP contribution in [0.3, 0.4) is 0 Å². The van der Waals surface area contributed by atoms with Crippen LogP contribution in [0.1, 0.15) is 33.6 Å². The van der Waals surface area contributed by atoms with Gasteiger partial charge in [0, 0.05) is 37.2 Å². The number of nitrogens with zero attached hydrogens (tertiary/aromatic N) is 5. The number of nitro groups is 1.